The molecule has 1 rings (SSSR count). The molecule has 1 unspecified atom stereocenters. The summed E-state index contributed by atoms with van der Waals surface area (Å²) in [5.41, 5.74) is 7.82. The molecule has 0 aromatic heterocycles. The van der Waals surface area contributed by atoms with Gasteiger partial charge in [0, 0.05) is 0 Å². The van der Waals surface area contributed by atoms with Crippen LogP contribution in [0.1, 0.15) is 24.0 Å². The number of hydrogen-bond donors (Lipinski definition) is 1. The van der Waals surface area contributed by atoms with E-state index >= 15 is 0 Å². The maximum absolute atomic E-state index is 6.17. The zero-order valence-corrected chi connectivity index (χ0v) is 9.56. The van der Waals surface area contributed by atoms with E-state index in [1.807, 2.05) is 13.0 Å². The summed E-state index contributed by atoms with van der Waals surface area (Å²) in [6.07, 6.45) is 0. The SMILES string of the molecule is COc1cc(C)cc(C(C)CN)c1Cl. The normalized spacial score (nSPS) is 12.6. The predicted molar refractivity (Wildman–Crippen MR) is 60.2 cm³/mol. The van der Waals surface area contributed by atoms with Gasteiger partial charge in [-0.25, -0.2) is 0 Å². The standard InChI is InChI=1S/C11H16ClNO/c1-7-4-9(8(2)6-13)11(12)10(5-7)14-3/h4-5,8H,6,13H2,1-3H3. The fraction of sp³-hybridized carbons (Fsp3) is 0.455. The van der Waals surface area contributed by atoms with Crippen LogP contribution in [0, 0.1) is 6.92 Å². The van der Waals surface area contributed by atoms with E-state index in [1.54, 1.807) is 7.11 Å². The minimum atomic E-state index is 0.260. The topological polar surface area (TPSA) is 35.2 Å². The third-order valence-corrected chi connectivity index (χ3v) is 2.72. The van der Waals surface area contributed by atoms with Crippen LogP contribution in [0.2, 0.25) is 5.02 Å². The summed E-state index contributed by atoms with van der Waals surface area (Å²) in [5, 5.41) is 0.677. The highest BCUT2D eigenvalue weighted by atomic mass is 35.5. The number of rotatable bonds is 3. The molecule has 1 aromatic carbocycles. The minimum Gasteiger partial charge on any atom is -0.495 e. The third-order valence-electron chi connectivity index (χ3n) is 2.32. The second-order valence-electron chi connectivity index (χ2n) is 3.51. The van der Waals surface area contributed by atoms with Gasteiger partial charge < -0.3 is 10.5 Å². The van der Waals surface area contributed by atoms with Crippen LogP contribution in [0.3, 0.4) is 0 Å². The lowest BCUT2D eigenvalue weighted by atomic mass is 9.99. The van der Waals surface area contributed by atoms with Crippen LogP contribution in [-0.4, -0.2) is 13.7 Å². The summed E-state index contributed by atoms with van der Waals surface area (Å²) >= 11 is 6.17. The molecule has 0 amide bonds. The Morgan fingerprint density at radius 2 is 2.14 bits per heavy atom. The summed E-state index contributed by atoms with van der Waals surface area (Å²) in [6.45, 7) is 4.66. The van der Waals surface area contributed by atoms with Gasteiger partial charge >= 0.3 is 0 Å². The van der Waals surface area contributed by atoms with Crippen molar-refractivity contribution >= 4 is 11.6 Å². The van der Waals surface area contributed by atoms with E-state index in [1.165, 1.54) is 0 Å². The molecular formula is C11H16ClNO. The van der Waals surface area contributed by atoms with Crippen molar-refractivity contribution in [2.24, 2.45) is 5.73 Å². The molecule has 1 atom stereocenters. The lowest BCUT2D eigenvalue weighted by Crippen LogP contribution is -2.09. The first-order valence-electron chi connectivity index (χ1n) is 4.64. The van der Waals surface area contributed by atoms with Gasteiger partial charge in [0.2, 0.25) is 0 Å². The van der Waals surface area contributed by atoms with Crippen molar-refractivity contribution in [3.8, 4) is 5.75 Å². The molecule has 3 heteroatoms. The minimum absolute atomic E-state index is 0.260. The Kier molecular flexibility index (Phi) is 3.78. The van der Waals surface area contributed by atoms with Crippen LogP contribution >= 0.6 is 11.6 Å². The largest absolute Gasteiger partial charge is 0.495 e. The number of aryl methyl sites for hydroxylation is 1. The van der Waals surface area contributed by atoms with Crippen LogP contribution in [0.4, 0.5) is 0 Å². The molecule has 0 aliphatic carbocycles. The van der Waals surface area contributed by atoms with E-state index in [4.69, 9.17) is 22.1 Å². The van der Waals surface area contributed by atoms with Crippen molar-refractivity contribution in [3.05, 3.63) is 28.3 Å². The number of methoxy groups -OCH3 is 1. The highest BCUT2D eigenvalue weighted by Gasteiger charge is 2.12. The summed E-state index contributed by atoms with van der Waals surface area (Å²) in [5.74, 6) is 0.985. The monoisotopic (exact) mass is 213 g/mol. The van der Waals surface area contributed by atoms with Crippen LogP contribution in [0.5, 0.6) is 5.75 Å². The molecule has 1 aromatic rings. The van der Waals surface area contributed by atoms with Gasteiger partial charge in [0.05, 0.1) is 12.1 Å². The molecule has 0 saturated carbocycles. The smallest absolute Gasteiger partial charge is 0.138 e. The summed E-state index contributed by atoms with van der Waals surface area (Å²) in [6, 6.07) is 3.98. The Hall–Kier alpha value is -0.730. The molecule has 2 nitrogen and oxygen atoms in total. The first kappa shape index (κ1) is 11.3. The first-order valence-corrected chi connectivity index (χ1v) is 5.02. The molecule has 78 valence electrons. The zero-order valence-electron chi connectivity index (χ0n) is 8.80. The Balaban J connectivity index is 3.21. The van der Waals surface area contributed by atoms with Crippen molar-refractivity contribution < 1.29 is 4.74 Å². The van der Waals surface area contributed by atoms with E-state index in [0.717, 1.165) is 16.9 Å². The van der Waals surface area contributed by atoms with Gasteiger partial charge in [0.25, 0.3) is 0 Å². The number of hydrogen-bond acceptors (Lipinski definition) is 2. The fourth-order valence-electron chi connectivity index (χ4n) is 1.40. The molecule has 0 spiro atoms. The van der Waals surface area contributed by atoms with E-state index in [-0.39, 0.29) is 5.92 Å². The van der Waals surface area contributed by atoms with Crippen LogP contribution < -0.4 is 10.5 Å². The fourth-order valence-corrected chi connectivity index (χ4v) is 1.77. The molecule has 0 heterocycles. The molecule has 14 heavy (non-hydrogen) atoms. The maximum Gasteiger partial charge on any atom is 0.138 e. The van der Waals surface area contributed by atoms with Gasteiger partial charge in [-0.2, -0.15) is 0 Å². The summed E-state index contributed by atoms with van der Waals surface area (Å²) in [7, 11) is 1.62. The molecule has 0 bridgehead atoms. The first-order chi connectivity index (χ1) is 6.60. The Labute approximate surface area is 90.0 Å². The molecular weight excluding hydrogens is 198 g/mol. The van der Waals surface area contributed by atoms with Crippen LogP contribution in [0.15, 0.2) is 12.1 Å². The van der Waals surface area contributed by atoms with E-state index in [0.29, 0.717) is 11.6 Å². The summed E-state index contributed by atoms with van der Waals surface area (Å²) in [4.78, 5) is 0. The van der Waals surface area contributed by atoms with Gasteiger partial charge in [-0.15, -0.1) is 0 Å². The molecule has 0 aliphatic rings. The highest BCUT2D eigenvalue weighted by molar-refractivity contribution is 6.32. The molecule has 0 aliphatic heterocycles. The van der Waals surface area contributed by atoms with E-state index in [2.05, 4.69) is 13.0 Å². The second-order valence-corrected chi connectivity index (χ2v) is 3.89. The Morgan fingerprint density at radius 3 is 2.64 bits per heavy atom. The number of ether oxygens (including phenoxy) is 1. The quantitative estimate of drug-likeness (QED) is 0.838. The molecule has 0 saturated heterocycles. The lowest BCUT2D eigenvalue weighted by molar-refractivity contribution is 0.414. The van der Waals surface area contributed by atoms with E-state index < -0.39 is 0 Å². The zero-order chi connectivity index (χ0) is 10.7. The maximum atomic E-state index is 6.17. The third kappa shape index (κ3) is 2.20. The van der Waals surface area contributed by atoms with Crippen molar-refractivity contribution in [1.82, 2.24) is 0 Å². The van der Waals surface area contributed by atoms with E-state index in [9.17, 15) is 0 Å². The van der Waals surface area contributed by atoms with Gasteiger partial charge in [-0.1, -0.05) is 24.6 Å². The number of benzene rings is 1. The van der Waals surface area contributed by atoms with Crippen molar-refractivity contribution in [2.75, 3.05) is 13.7 Å². The number of halogens is 1. The van der Waals surface area contributed by atoms with Crippen LogP contribution in [-0.2, 0) is 0 Å². The summed E-state index contributed by atoms with van der Waals surface area (Å²) < 4.78 is 5.19. The van der Waals surface area contributed by atoms with Crippen LogP contribution in [0.25, 0.3) is 0 Å². The highest BCUT2D eigenvalue weighted by Crippen LogP contribution is 2.33. The average Bonchev–Trinajstić information content (AvgIpc) is 2.19. The van der Waals surface area contributed by atoms with Crippen molar-refractivity contribution in [2.45, 2.75) is 19.8 Å². The van der Waals surface area contributed by atoms with Gasteiger partial charge in [0.15, 0.2) is 0 Å². The molecule has 0 fully saturated rings. The Bertz CT molecular complexity index is 325. The lowest BCUT2D eigenvalue weighted by Gasteiger charge is -2.14. The predicted octanol–water partition coefficient (Wildman–Crippen LogP) is 2.72. The van der Waals surface area contributed by atoms with Gasteiger partial charge in [0.1, 0.15) is 5.75 Å². The number of nitrogens with two attached hydrogens (primary N) is 1. The molecule has 0 radical (unpaired) electrons. The van der Waals surface area contributed by atoms with Gasteiger partial charge in [-0.3, -0.25) is 0 Å². The van der Waals surface area contributed by atoms with Crippen molar-refractivity contribution in [3.63, 3.8) is 0 Å². The van der Waals surface area contributed by atoms with Gasteiger partial charge in [-0.05, 0) is 36.6 Å². The average molecular weight is 214 g/mol. The molecule has 2 N–H and O–H groups in total. The second kappa shape index (κ2) is 4.67. The van der Waals surface area contributed by atoms with Crippen molar-refractivity contribution in [1.29, 1.82) is 0 Å². The Morgan fingerprint density at radius 1 is 1.50 bits per heavy atom.